The highest BCUT2D eigenvalue weighted by Crippen LogP contribution is 2.00. The van der Waals surface area contributed by atoms with Crippen molar-refractivity contribution < 1.29 is 0 Å². The minimum atomic E-state index is 0.596. The van der Waals surface area contributed by atoms with Crippen LogP contribution in [-0.4, -0.2) is 37.1 Å². The summed E-state index contributed by atoms with van der Waals surface area (Å²) in [6.07, 6.45) is 1.24. The molecule has 12 heavy (non-hydrogen) atoms. The van der Waals surface area contributed by atoms with Crippen LogP contribution in [0.2, 0.25) is 0 Å². The number of nitrogens with one attached hydrogen (secondary N) is 1. The Balaban J connectivity index is 3.77. The molecule has 0 aliphatic heterocycles. The van der Waals surface area contributed by atoms with Gasteiger partial charge in [-0.1, -0.05) is 6.92 Å². The smallest absolute Gasteiger partial charge is 0.0163 e. The van der Waals surface area contributed by atoms with Crippen molar-refractivity contribution in [3.05, 3.63) is 0 Å². The highest BCUT2D eigenvalue weighted by atomic mass is 15.2. The Kier molecular flexibility index (Phi) is 6.39. The van der Waals surface area contributed by atoms with Crippen molar-refractivity contribution in [1.29, 1.82) is 0 Å². The van der Waals surface area contributed by atoms with Gasteiger partial charge in [0.1, 0.15) is 0 Å². The summed E-state index contributed by atoms with van der Waals surface area (Å²) < 4.78 is 0. The van der Waals surface area contributed by atoms with E-state index in [1.165, 1.54) is 13.0 Å². The van der Waals surface area contributed by atoms with Gasteiger partial charge in [-0.25, -0.2) is 0 Å². The first-order valence-corrected chi connectivity index (χ1v) is 5.03. The van der Waals surface area contributed by atoms with E-state index >= 15 is 0 Å². The average Bonchev–Trinajstić information content (AvgIpc) is 2.03. The van der Waals surface area contributed by atoms with Gasteiger partial charge in [-0.05, 0) is 40.8 Å². The van der Waals surface area contributed by atoms with Crippen LogP contribution in [0.1, 0.15) is 34.1 Å². The minimum Gasteiger partial charge on any atom is -0.316 e. The molecule has 0 saturated carbocycles. The van der Waals surface area contributed by atoms with Crippen LogP contribution < -0.4 is 5.32 Å². The van der Waals surface area contributed by atoms with Gasteiger partial charge in [0.2, 0.25) is 0 Å². The second-order valence-corrected chi connectivity index (χ2v) is 3.78. The van der Waals surface area contributed by atoms with E-state index in [0.29, 0.717) is 12.1 Å². The molecule has 0 heterocycles. The van der Waals surface area contributed by atoms with Crippen LogP contribution >= 0.6 is 0 Å². The van der Waals surface area contributed by atoms with Crippen LogP contribution in [0, 0.1) is 0 Å². The van der Waals surface area contributed by atoms with Crippen molar-refractivity contribution in [2.75, 3.05) is 20.1 Å². The van der Waals surface area contributed by atoms with Crippen LogP contribution in [-0.2, 0) is 0 Å². The lowest BCUT2D eigenvalue weighted by molar-refractivity contribution is 0.204. The highest BCUT2D eigenvalue weighted by molar-refractivity contribution is 4.68. The van der Waals surface area contributed by atoms with Gasteiger partial charge in [-0.15, -0.1) is 0 Å². The van der Waals surface area contributed by atoms with Gasteiger partial charge in [-0.2, -0.15) is 0 Å². The van der Waals surface area contributed by atoms with E-state index < -0.39 is 0 Å². The third kappa shape index (κ3) is 4.73. The quantitative estimate of drug-likeness (QED) is 0.656. The number of likely N-dealkylation sites (N-methyl/N-ethyl adjacent to an activating group) is 1. The molecule has 1 N–H and O–H groups in total. The molecule has 2 heteroatoms. The fraction of sp³-hybridized carbons (Fsp3) is 1.00. The summed E-state index contributed by atoms with van der Waals surface area (Å²) in [5, 5.41) is 3.27. The summed E-state index contributed by atoms with van der Waals surface area (Å²) in [5.41, 5.74) is 0. The van der Waals surface area contributed by atoms with Crippen LogP contribution in [0.15, 0.2) is 0 Å². The lowest BCUT2D eigenvalue weighted by Crippen LogP contribution is -2.41. The molecule has 1 atom stereocenters. The molecule has 0 bridgehead atoms. The maximum absolute atomic E-state index is 3.27. The van der Waals surface area contributed by atoms with Gasteiger partial charge in [0.15, 0.2) is 0 Å². The monoisotopic (exact) mass is 172 g/mol. The first kappa shape index (κ1) is 11.9. The molecule has 0 aromatic heterocycles. The predicted molar refractivity (Wildman–Crippen MR) is 55.5 cm³/mol. The molecule has 1 unspecified atom stereocenters. The van der Waals surface area contributed by atoms with Gasteiger partial charge < -0.3 is 5.32 Å². The SMILES string of the molecule is CCCN(CC(C)NC)C(C)C. The van der Waals surface area contributed by atoms with Gasteiger partial charge in [0.25, 0.3) is 0 Å². The first-order valence-electron chi connectivity index (χ1n) is 5.03. The Morgan fingerprint density at radius 2 is 1.83 bits per heavy atom. The molecule has 0 rings (SSSR count). The second kappa shape index (κ2) is 6.44. The lowest BCUT2D eigenvalue weighted by atomic mass is 10.2. The van der Waals surface area contributed by atoms with E-state index in [2.05, 4.69) is 37.9 Å². The zero-order chi connectivity index (χ0) is 9.56. The van der Waals surface area contributed by atoms with Crippen molar-refractivity contribution in [3.63, 3.8) is 0 Å². The van der Waals surface area contributed by atoms with Gasteiger partial charge in [0, 0.05) is 18.6 Å². The summed E-state index contributed by atoms with van der Waals surface area (Å²) in [6.45, 7) is 11.4. The zero-order valence-corrected chi connectivity index (χ0v) is 9.22. The summed E-state index contributed by atoms with van der Waals surface area (Å²) in [7, 11) is 2.02. The Morgan fingerprint density at radius 3 is 2.17 bits per heavy atom. The van der Waals surface area contributed by atoms with Crippen molar-refractivity contribution in [3.8, 4) is 0 Å². The zero-order valence-electron chi connectivity index (χ0n) is 9.22. The third-order valence-corrected chi connectivity index (χ3v) is 2.24. The first-order chi connectivity index (χ1) is 5.61. The standard InChI is InChI=1S/C10H24N2/c1-6-7-12(9(2)3)8-10(4)11-5/h9-11H,6-8H2,1-5H3. The van der Waals surface area contributed by atoms with Gasteiger partial charge in [-0.3, -0.25) is 4.90 Å². The highest BCUT2D eigenvalue weighted by Gasteiger charge is 2.10. The van der Waals surface area contributed by atoms with E-state index in [0.717, 1.165) is 6.54 Å². The van der Waals surface area contributed by atoms with Crippen LogP contribution in [0.4, 0.5) is 0 Å². The van der Waals surface area contributed by atoms with Gasteiger partial charge >= 0.3 is 0 Å². The second-order valence-electron chi connectivity index (χ2n) is 3.78. The summed E-state index contributed by atoms with van der Waals surface area (Å²) in [5.74, 6) is 0. The number of hydrogen-bond acceptors (Lipinski definition) is 2. The molecule has 0 spiro atoms. The van der Waals surface area contributed by atoms with E-state index in [4.69, 9.17) is 0 Å². The Hall–Kier alpha value is -0.0800. The van der Waals surface area contributed by atoms with Crippen molar-refractivity contribution in [2.45, 2.75) is 46.2 Å². The van der Waals surface area contributed by atoms with Gasteiger partial charge in [0.05, 0.1) is 0 Å². The number of nitrogens with zero attached hydrogens (tertiary/aromatic N) is 1. The molecule has 0 saturated heterocycles. The maximum Gasteiger partial charge on any atom is 0.0163 e. The molecule has 0 aromatic carbocycles. The van der Waals surface area contributed by atoms with Crippen LogP contribution in [0.5, 0.6) is 0 Å². The summed E-state index contributed by atoms with van der Waals surface area (Å²) >= 11 is 0. The van der Waals surface area contributed by atoms with Crippen LogP contribution in [0.3, 0.4) is 0 Å². The largest absolute Gasteiger partial charge is 0.316 e. The fourth-order valence-corrected chi connectivity index (χ4v) is 1.29. The molecule has 0 aliphatic rings. The molecular formula is C10H24N2. The van der Waals surface area contributed by atoms with E-state index in [-0.39, 0.29) is 0 Å². The molecular weight excluding hydrogens is 148 g/mol. The van der Waals surface area contributed by atoms with Crippen molar-refractivity contribution >= 4 is 0 Å². The molecule has 0 amide bonds. The molecule has 2 nitrogen and oxygen atoms in total. The summed E-state index contributed by atoms with van der Waals surface area (Å²) in [4.78, 5) is 2.52. The number of hydrogen-bond donors (Lipinski definition) is 1. The molecule has 74 valence electrons. The summed E-state index contributed by atoms with van der Waals surface area (Å²) in [6, 6.07) is 1.26. The molecule has 0 radical (unpaired) electrons. The number of rotatable bonds is 6. The predicted octanol–water partition coefficient (Wildman–Crippen LogP) is 1.71. The van der Waals surface area contributed by atoms with E-state index in [1.54, 1.807) is 0 Å². The topological polar surface area (TPSA) is 15.3 Å². The van der Waals surface area contributed by atoms with Crippen LogP contribution in [0.25, 0.3) is 0 Å². The Bertz CT molecular complexity index is 102. The maximum atomic E-state index is 3.27. The van der Waals surface area contributed by atoms with Crippen molar-refractivity contribution in [1.82, 2.24) is 10.2 Å². The Labute approximate surface area is 77.3 Å². The van der Waals surface area contributed by atoms with E-state index in [1.807, 2.05) is 7.05 Å². The molecule has 0 aliphatic carbocycles. The van der Waals surface area contributed by atoms with Crippen molar-refractivity contribution in [2.24, 2.45) is 0 Å². The normalized spacial score (nSPS) is 14.2. The molecule has 0 aromatic rings. The average molecular weight is 172 g/mol. The lowest BCUT2D eigenvalue weighted by Gasteiger charge is -2.28. The fourth-order valence-electron chi connectivity index (χ4n) is 1.29. The Morgan fingerprint density at radius 1 is 1.25 bits per heavy atom. The molecule has 0 fully saturated rings. The minimum absolute atomic E-state index is 0.596. The third-order valence-electron chi connectivity index (χ3n) is 2.24. The van der Waals surface area contributed by atoms with E-state index in [9.17, 15) is 0 Å².